The molecule has 0 saturated heterocycles. The van der Waals surface area contributed by atoms with Crippen molar-refractivity contribution < 1.29 is 8.42 Å². The second kappa shape index (κ2) is 5.06. The van der Waals surface area contributed by atoms with Gasteiger partial charge in [-0.15, -0.1) is 0 Å². The normalized spacial score (nSPS) is 20.7. The lowest BCUT2D eigenvalue weighted by molar-refractivity contribution is 0.523. The van der Waals surface area contributed by atoms with Crippen LogP contribution < -0.4 is 4.72 Å². The fourth-order valence-electron chi connectivity index (χ4n) is 1.77. The number of halogens is 1. The van der Waals surface area contributed by atoms with Crippen molar-refractivity contribution in [1.29, 1.82) is 0 Å². The lowest BCUT2D eigenvalue weighted by Gasteiger charge is -2.18. The Hall–Kier alpha value is -0.430. The number of nitrogens with zero attached hydrogens (tertiary/aromatic N) is 1. The molecule has 1 heterocycles. The summed E-state index contributed by atoms with van der Waals surface area (Å²) in [6, 6.07) is -0.0229. The molecule has 1 N–H and O–H groups in total. The first-order valence-corrected chi connectivity index (χ1v) is 7.97. The maximum atomic E-state index is 12.1. The molecule has 1 aliphatic rings. The van der Waals surface area contributed by atoms with Crippen LogP contribution in [-0.4, -0.2) is 19.4 Å². The molecule has 0 aromatic carbocycles. The average Bonchev–Trinajstić information content (AvgIpc) is 2.59. The summed E-state index contributed by atoms with van der Waals surface area (Å²) in [5.41, 5.74) is 0.457. The van der Waals surface area contributed by atoms with Crippen LogP contribution in [0.2, 0.25) is 4.47 Å². The molecule has 1 unspecified atom stereocenters. The highest BCUT2D eigenvalue weighted by atomic mass is 35.5. The zero-order chi connectivity index (χ0) is 12.5. The Bertz CT molecular complexity index is 537. The van der Waals surface area contributed by atoms with Crippen LogP contribution in [0.4, 0.5) is 0 Å². The van der Waals surface area contributed by atoms with E-state index in [0.29, 0.717) is 5.69 Å². The summed E-state index contributed by atoms with van der Waals surface area (Å²) < 4.78 is 27.4. The van der Waals surface area contributed by atoms with Crippen molar-refractivity contribution in [1.82, 2.24) is 9.71 Å². The molecule has 0 saturated carbocycles. The number of rotatable bonds is 3. The van der Waals surface area contributed by atoms with Crippen molar-refractivity contribution in [3.05, 3.63) is 22.3 Å². The molecular weight excluding hydrogens is 280 g/mol. The Morgan fingerprint density at radius 1 is 1.53 bits per heavy atom. The second-order valence-electron chi connectivity index (χ2n) is 3.94. The molecule has 17 heavy (non-hydrogen) atoms. The topological polar surface area (TPSA) is 59.1 Å². The Morgan fingerprint density at radius 2 is 2.29 bits per heavy atom. The molecule has 1 aliphatic carbocycles. The summed E-state index contributed by atoms with van der Waals surface area (Å²) in [7, 11) is -3.48. The van der Waals surface area contributed by atoms with E-state index in [4.69, 9.17) is 11.6 Å². The third-order valence-corrected chi connectivity index (χ3v) is 5.95. The van der Waals surface area contributed by atoms with E-state index < -0.39 is 10.0 Å². The third kappa shape index (κ3) is 3.07. The molecule has 0 spiro atoms. The minimum Gasteiger partial charge on any atom is -0.229 e. The van der Waals surface area contributed by atoms with Crippen LogP contribution in [-0.2, 0) is 10.0 Å². The van der Waals surface area contributed by atoms with Gasteiger partial charge in [-0.3, -0.25) is 0 Å². The maximum Gasteiger partial charge on any atom is 0.252 e. The lowest BCUT2D eigenvalue weighted by Crippen LogP contribution is -2.35. The van der Waals surface area contributed by atoms with Gasteiger partial charge in [-0.25, -0.2) is 18.1 Å². The number of hydrogen-bond donors (Lipinski definition) is 1. The van der Waals surface area contributed by atoms with Crippen LogP contribution >= 0.6 is 22.9 Å². The molecule has 1 aromatic heterocycles. The van der Waals surface area contributed by atoms with Crippen molar-refractivity contribution in [2.24, 2.45) is 0 Å². The summed E-state index contributed by atoms with van der Waals surface area (Å²) in [6.45, 7) is 1.65. The maximum absolute atomic E-state index is 12.1. The van der Waals surface area contributed by atoms with E-state index in [1.807, 2.05) is 6.08 Å². The van der Waals surface area contributed by atoms with Gasteiger partial charge in [-0.2, -0.15) is 0 Å². The molecule has 0 bridgehead atoms. The minimum absolute atomic E-state index is 0.0229. The van der Waals surface area contributed by atoms with Gasteiger partial charge in [0.2, 0.25) is 0 Å². The van der Waals surface area contributed by atoms with Crippen molar-refractivity contribution in [2.75, 3.05) is 0 Å². The van der Waals surface area contributed by atoms with Gasteiger partial charge in [0.25, 0.3) is 10.0 Å². The fourth-order valence-corrected chi connectivity index (χ4v) is 4.81. The largest absolute Gasteiger partial charge is 0.252 e. The van der Waals surface area contributed by atoms with E-state index in [9.17, 15) is 8.42 Å². The number of aromatic nitrogens is 1. The first-order valence-electron chi connectivity index (χ1n) is 5.29. The molecule has 0 amide bonds. The molecule has 1 aromatic rings. The SMILES string of the molecule is Cc1nc(Cl)sc1S(=O)(=O)NC1CC=CCC1. The summed E-state index contributed by atoms with van der Waals surface area (Å²) in [4.78, 5) is 3.92. The van der Waals surface area contributed by atoms with Gasteiger partial charge < -0.3 is 0 Å². The molecule has 0 fully saturated rings. The monoisotopic (exact) mass is 292 g/mol. The zero-order valence-corrected chi connectivity index (χ0v) is 11.7. The molecule has 94 valence electrons. The standard InChI is InChI=1S/C10H13ClN2O2S2/c1-7-9(16-10(11)12-7)17(14,15)13-8-5-3-2-4-6-8/h2-3,8,13H,4-6H2,1H3. The van der Waals surface area contributed by atoms with Crippen LogP contribution in [0.25, 0.3) is 0 Å². The van der Waals surface area contributed by atoms with Crippen LogP contribution in [0, 0.1) is 6.92 Å². The summed E-state index contributed by atoms with van der Waals surface area (Å²) in [6.07, 6.45) is 6.56. The first-order chi connectivity index (χ1) is 7.99. The predicted octanol–water partition coefficient (Wildman–Crippen LogP) is 2.49. The Morgan fingerprint density at radius 3 is 2.82 bits per heavy atom. The molecule has 4 nitrogen and oxygen atoms in total. The molecule has 7 heteroatoms. The van der Waals surface area contributed by atoms with Gasteiger partial charge in [0.05, 0.1) is 5.69 Å². The van der Waals surface area contributed by atoms with Gasteiger partial charge in [-0.1, -0.05) is 35.1 Å². The Kier molecular flexibility index (Phi) is 3.87. The quantitative estimate of drug-likeness (QED) is 0.871. The number of allylic oxidation sites excluding steroid dienone is 1. The van der Waals surface area contributed by atoms with E-state index in [-0.39, 0.29) is 14.7 Å². The van der Waals surface area contributed by atoms with E-state index in [2.05, 4.69) is 15.8 Å². The third-order valence-electron chi connectivity index (χ3n) is 2.56. The highest BCUT2D eigenvalue weighted by Gasteiger charge is 2.24. The lowest BCUT2D eigenvalue weighted by atomic mass is 10.0. The second-order valence-corrected chi connectivity index (χ2v) is 7.43. The summed E-state index contributed by atoms with van der Waals surface area (Å²) >= 11 is 6.71. The van der Waals surface area contributed by atoms with Gasteiger partial charge >= 0.3 is 0 Å². The smallest absolute Gasteiger partial charge is 0.229 e. The number of thiazole rings is 1. The van der Waals surface area contributed by atoms with Gasteiger partial charge in [0.1, 0.15) is 0 Å². The van der Waals surface area contributed by atoms with Crippen molar-refractivity contribution >= 4 is 33.0 Å². The highest BCUT2D eigenvalue weighted by molar-refractivity contribution is 7.91. The molecule has 1 atom stereocenters. The number of nitrogens with one attached hydrogen (secondary N) is 1. The first kappa shape index (κ1) is 13.0. The molecule has 2 rings (SSSR count). The molecule has 0 aliphatic heterocycles. The minimum atomic E-state index is -3.48. The van der Waals surface area contributed by atoms with E-state index in [1.54, 1.807) is 6.92 Å². The van der Waals surface area contributed by atoms with E-state index in [0.717, 1.165) is 30.6 Å². The average molecular weight is 293 g/mol. The van der Waals surface area contributed by atoms with Gasteiger partial charge in [-0.05, 0) is 26.2 Å². The number of sulfonamides is 1. The Labute approximate surface area is 110 Å². The summed E-state index contributed by atoms with van der Waals surface area (Å²) in [5, 5.41) is 0. The summed E-state index contributed by atoms with van der Waals surface area (Å²) in [5.74, 6) is 0. The van der Waals surface area contributed by atoms with Crippen molar-refractivity contribution in [3.63, 3.8) is 0 Å². The van der Waals surface area contributed by atoms with Crippen LogP contribution in [0.5, 0.6) is 0 Å². The van der Waals surface area contributed by atoms with Gasteiger partial charge in [0.15, 0.2) is 8.68 Å². The van der Waals surface area contributed by atoms with Crippen LogP contribution in [0.3, 0.4) is 0 Å². The predicted molar refractivity (Wildman–Crippen MR) is 69.0 cm³/mol. The van der Waals surface area contributed by atoms with Crippen LogP contribution in [0.1, 0.15) is 25.0 Å². The van der Waals surface area contributed by atoms with E-state index >= 15 is 0 Å². The highest BCUT2D eigenvalue weighted by Crippen LogP contribution is 2.27. The van der Waals surface area contributed by atoms with Crippen LogP contribution in [0.15, 0.2) is 16.4 Å². The van der Waals surface area contributed by atoms with E-state index in [1.165, 1.54) is 0 Å². The molecule has 0 radical (unpaired) electrons. The zero-order valence-electron chi connectivity index (χ0n) is 9.31. The van der Waals surface area contributed by atoms with Crippen molar-refractivity contribution in [2.45, 2.75) is 36.4 Å². The molecular formula is C10H13ClN2O2S2. The van der Waals surface area contributed by atoms with Gasteiger partial charge in [0, 0.05) is 6.04 Å². The Balaban J connectivity index is 2.19. The number of aryl methyl sites for hydroxylation is 1. The number of hydrogen-bond acceptors (Lipinski definition) is 4. The van der Waals surface area contributed by atoms with Crippen molar-refractivity contribution in [3.8, 4) is 0 Å². The fraction of sp³-hybridized carbons (Fsp3) is 0.500.